The topological polar surface area (TPSA) is 98.2 Å². The maximum absolute atomic E-state index is 12.5. The molecule has 7 nitrogen and oxygen atoms in total. The maximum atomic E-state index is 12.5. The van der Waals surface area contributed by atoms with Crippen LogP contribution in [-0.2, 0) is 5.75 Å². The molecule has 0 bridgehead atoms. The zero-order valence-corrected chi connectivity index (χ0v) is 16.6. The summed E-state index contributed by atoms with van der Waals surface area (Å²) in [6.45, 7) is 7.04. The molecule has 27 heavy (non-hydrogen) atoms. The third kappa shape index (κ3) is 4.64. The van der Waals surface area contributed by atoms with Crippen LogP contribution in [0.15, 0.2) is 35.5 Å². The van der Waals surface area contributed by atoms with E-state index in [4.69, 9.17) is 5.73 Å². The lowest BCUT2D eigenvalue weighted by Gasteiger charge is -2.12. The summed E-state index contributed by atoms with van der Waals surface area (Å²) in [7, 11) is 0. The summed E-state index contributed by atoms with van der Waals surface area (Å²) in [5.41, 5.74) is 9.14. The van der Waals surface area contributed by atoms with Crippen molar-refractivity contribution in [1.82, 2.24) is 24.9 Å². The van der Waals surface area contributed by atoms with Gasteiger partial charge in [-0.2, -0.15) is 4.98 Å². The predicted octanol–water partition coefficient (Wildman–Crippen LogP) is 2.36. The van der Waals surface area contributed by atoms with E-state index in [1.165, 1.54) is 11.8 Å². The fourth-order valence-electron chi connectivity index (χ4n) is 2.66. The number of nitrogens with two attached hydrogens (primary N) is 1. The Morgan fingerprint density at radius 2 is 2.07 bits per heavy atom. The first kappa shape index (κ1) is 19.3. The standard InChI is InChI=1S/C19H24N6OS/c1-12(9-20)10-21-17(26)16-7-5-4-6-15(16)11-27-19-23-18-22-13(2)8-14(3)25(18)24-19/h4-8,12H,9-11,20H2,1-3H3,(H,21,26). The van der Waals surface area contributed by atoms with Crippen LogP contribution in [0.4, 0.5) is 0 Å². The highest BCUT2D eigenvalue weighted by atomic mass is 32.2. The number of nitrogens with zero attached hydrogens (tertiary/aromatic N) is 4. The van der Waals surface area contributed by atoms with Gasteiger partial charge in [-0.25, -0.2) is 9.50 Å². The fourth-order valence-corrected chi connectivity index (χ4v) is 3.49. The smallest absolute Gasteiger partial charge is 0.253 e. The highest BCUT2D eigenvalue weighted by Gasteiger charge is 2.14. The SMILES string of the molecule is Cc1cc(C)n2nc(SCc3ccccc3C(=O)NCC(C)CN)nc2n1. The molecule has 0 spiro atoms. The molecular formula is C19H24N6OS. The van der Waals surface area contributed by atoms with E-state index in [0.29, 0.717) is 35.3 Å². The zero-order valence-electron chi connectivity index (χ0n) is 15.8. The van der Waals surface area contributed by atoms with Crippen LogP contribution in [0.2, 0.25) is 0 Å². The molecule has 0 aliphatic heterocycles. The summed E-state index contributed by atoms with van der Waals surface area (Å²) in [5, 5.41) is 8.10. The molecule has 0 saturated carbocycles. The quantitative estimate of drug-likeness (QED) is 0.607. The molecule has 0 fully saturated rings. The fraction of sp³-hybridized carbons (Fsp3) is 0.368. The van der Waals surface area contributed by atoms with Crippen molar-refractivity contribution >= 4 is 23.4 Å². The van der Waals surface area contributed by atoms with Crippen molar-refractivity contribution in [1.29, 1.82) is 0 Å². The van der Waals surface area contributed by atoms with E-state index in [-0.39, 0.29) is 11.8 Å². The average Bonchev–Trinajstić information content (AvgIpc) is 3.07. The molecule has 0 radical (unpaired) electrons. The number of aromatic nitrogens is 4. The van der Waals surface area contributed by atoms with Crippen LogP contribution in [0.3, 0.4) is 0 Å². The van der Waals surface area contributed by atoms with Gasteiger partial charge in [0, 0.05) is 29.2 Å². The Morgan fingerprint density at radius 3 is 2.85 bits per heavy atom. The van der Waals surface area contributed by atoms with Crippen LogP contribution < -0.4 is 11.1 Å². The highest BCUT2D eigenvalue weighted by Crippen LogP contribution is 2.22. The number of amides is 1. The molecule has 3 N–H and O–H groups in total. The number of hydrogen-bond acceptors (Lipinski definition) is 6. The van der Waals surface area contributed by atoms with Gasteiger partial charge >= 0.3 is 0 Å². The van der Waals surface area contributed by atoms with Crippen molar-refractivity contribution in [3.05, 3.63) is 52.8 Å². The molecule has 0 aliphatic carbocycles. The molecule has 1 aromatic carbocycles. The molecule has 142 valence electrons. The van der Waals surface area contributed by atoms with E-state index in [0.717, 1.165) is 17.0 Å². The molecule has 3 rings (SSSR count). The Labute approximate surface area is 162 Å². The van der Waals surface area contributed by atoms with Crippen molar-refractivity contribution in [3.8, 4) is 0 Å². The number of rotatable bonds is 7. The molecule has 2 heterocycles. The molecule has 3 aromatic rings. The lowest BCUT2D eigenvalue weighted by molar-refractivity contribution is 0.0948. The highest BCUT2D eigenvalue weighted by molar-refractivity contribution is 7.98. The van der Waals surface area contributed by atoms with Crippen LogP contribution in [0.25, 0.3) is 5.78 Å². The van der Waals surface area contributed by atoms with E-state index < -0.39 is 0 Å². The minimum atomic E-state index is -0.0809. The Bertz CT molecular complexity index is 955. The van der Waals surface area contributed by atoms with Gasteiger partial charge < -0.3 is 11.1 Å². The van der Waals surface area contributed by atoms with Crippen molar-refractivity contribution < 1.29 is 4.79 Å². The predicted molar refractivity (Wildman–Crippen MR) is 107 cm³/mol. The summed E-state index contributed by atoms with van der Waals surface area (Å²) >= 11 is 1.49. The number of hydrogen-bond donors (Lipinski definition) is 2. The molecule has 1 amide bonds. The van der Waals surface area contributed by atoms with Gasteiger partial charge in [0.2, 0.25) is 5.16 Å². The van der Waals surface area contributed by atoms with Gasteiger partial charge in [-0.05, 0) is 44.0 Å². The van der Waals surface area contributed by atoms with Crippen LogP contribution in [0.1, 0.15) is 34.2 Å². The van der Waals surface area contributed by atoms with Crippen LogP contribution in [0, 0.1) is 19.8 Å². The summed E-state index contributed by atoms with van der Waals surface area (Å²) in [6.07, 6.45) is 0. The van der Waals surface area contributed by atoms with Crippen LogP contribution in [-0.4, -0.2) is 38.6 Å². The number of nitrogens with one attached hydrogen (secondary N) is 1. The van der Waals surface area contributed by atoms with Crippen molar-refractivity contribution in [2.75, 3.05) is 13.1 Å². The lowest BCUT2D eigenvalue weighted by Crippen LogP contribution is -2.31. The first-order valence-corrected chi connectivity index (χ1v) is 9.86. The summed E-state index contributed by atoms with van der Waals surface area (Å²) in [6, 6.07) is 9.57. The van der Waals surface area contributed by atoms with Crippen LogP contribution >= 0.6 is 11.8 Å². The zero-order chi connectivity index (χ0) is 19.4. The van der Waals surface area contributed by atoms with Gasteiger partial charge in [-0.15, -0.1) is 5.10 Å². The van der Waals surface area contributed by atoms with E-state index in [9.17, 15) is 4.79 Å². The Balaban J connectivity index is 1.73. The summed E-state index contributed by atoms with van der Waals surface area (Å²) in [4.78, 5) is 21.4. The number of aryl methyl sites for hydroxylation is 2. The Morgan fingerprint density at radius 1 is 1.30 bits per heavy atom. The molecule has 8 heteroatoms. The van der Waals surface area contributed by atoms with E-state index in [2.05, 4.69) is 20.4 Å². The van der Waals surface area contributed by atoms with E-state index in [1.807, 2.05) is 51.1 Å². The van der Waals surface area contributed by atoms with Gasteiger partial charge in [-0.1, -0.05) is 36.9 Å². The van der Waals surface area contributed by atoms with Gasteiger partial charge in [-0.3, -0.25) is 4.79 Å². The van der Waals surface area contributed by atoms with Crippen LogP contribution in [0.5, 0.6) is 0 Å². The second-order valence-electron chi connectivity index (χ2n) is 6.64. The normalized spacial score (nSPS) is 12.3. The maximum Gasteiger partial charge on any atom is 0.253 e. The molecule has 2 aromatic heterocycles. The number of benzene rings is 1. The van der Waals surface area contributed by atoms with Crippen molar-refractivity contribution in [2.45, 2.75) is 31.7 Å². The molecule has 1 atom stereocenters. The van der Waals surface area contributed by atoms with Crippen molar-refractivity contribution in [3.63, 3.8) is 0 Å². The minimum absolute atomic E-state index is 0.0809. The number of carbonyl (C=O) groups is 1. The molecule has 0 aliphatic rings. The third-order valence-corrected chi connectivity index (χ3v) is 5.12. The molecular weight excluding hydrogens is 360 g/mol. The Kier molecular flexibility index (Phi) is 6.08. The Hall–Kier alpha value is -2.45. The first-order valence-electron chi connectivity index (χ1n) is 8.88. The van der Waals surface area contributed by atoms with Gasteiger partial charge in [0.15, 0.2) is 0 Å². The summed E-state index contributed by atoms with van der Waals surface area (Å²) < 4.78 is 1.74. The third-order valence-electron chi connectivity index (χ3n) is 4.23. The molecule has 1 unspecified atom stereocenters. The largest absolute Gasteiger partial charge is 0.352 e. The monoisotopic (exact) mass is 384 g/mol. The molecule has 0 saturated heterocycles. The number of carbonyl (C=O) groups excluding carboxylic acids is 1. The lowest BCUT2D eigenvalue weighted by atomic mass is 10.1. The first-order chi connectivity index (χ1) is 13.0. The van der Waals surface area contributed by atoms with Gasteiger partial charge in [0.05, 0.1) is 0 Å². The van der Waals surface area contributed by atoms with E-state index in [1.54, 1.807) is 4.52 Å². The average molecular weight is 385 g/mol. The minimum Gasteiger partial charge on any atom is -0.352 e. The second-order valence-corrected chi connectivity index (χ2v) is 7.58. The number of thioether (sulfide) groups is 1. The van der Waals surface area contributed by atoms with Crippen molar-refractivity contribution in [2.24, 2.45) is 11.7 Å². The summed E-state index contributed by atoms with van der Waals surface area (Å²) in [5.74, 6) is 1.36. The van der Waals surface area contributed by atoms with Gasteiger partial charge in [0.25, 0.3) is 11.7 Å². The second kappa shape index (κ2) is 8.49. The van der Waals surface area contributed by atoms with E-state index >= 15 is 0 Å². The van der Waals surface area contributed by atoms with Gasteiger partial charge in [0.1, 0.15) is 0 Å². The number of fused-ring (bicyclic) bond motifs is 1.